The summed E-state index contributed by atoms with van der Waals surface area (Å²) in [7, 11) is 0. The quantitative estimate of drug-likeness (QED) is 0.903. The molecule has 1 aliphatic heterocycles. The van der Waals surface area contributed by atoms with Crippen molar-refractivity contribution in [2.45, 2.75) is 18.8 Å². The first kappa shape index (κ1) is 14.4. The third-order valence-corrected chi connectivity index (χ3v) is 5.15. The Morgan fingerprint density at radius 2 is 1.81 bits per heavy atom. The molecular formula is C16H16ClNO2S. The van der Waals surface area contributed by atoms with Crippen molar-refractivity contribution in [3.8, 4) is 5.75 Å². The summed E-state index contributed by atoms with van der Waals surface area (Å²) in [6, 6.07) is 10.9. The number of aromatic hydroxyl groups is 1. The number of phenolic OH excluding ortho intramolecular Hbond substituents is 1. The summed E-state index contributed by atoms with van der Waals surface area (Å²) >= 11 is 7.22. The largest absolute Gasteiger partial charge is 0.508 e. The average Bonchev–Trinajstić information content (AvgIpc) is 2.94. The number of phenols is 1. The zero-order valence-corrected chi connectivity index (χ0v) is 13.0. The zero-order chi connectivity index (χ0) is 14.8. The lowest BCUT2D eigenvalue weighted by atomic mass is 9.89. The van der Waals surface area contributed by atoms with Crippen LogP contribution < -0.4 is 0 Å². The second-order valence-corrected chi connectivity index (χ2v) is 6.98. The van der Waals surface area contributed by atoms with Crippen molar-refractivity contribution >= 4 is 28.8 Å². The maximum Gasteiger partial charge on any atom is 0.263 e. The monoisotopic (exact) mass is 321 g/mol. The molecule has 0 atom stereocenters. The van der Waals surface area contributed by atoms with Gasteiger partial charge in [0.25, 0.3) is 5.91 Å². The lowest BCUT2D eigenvalue weighted by molar-refractivity contribution is 0.0718. The summed E-state index contributed by atoms with van der Waals surface area (Å²) < 4.78 is 0.650. The first-order chi connectivity index (χ1) is 10.1. The third-order valence-electron chi connectivity index (χ3n) is 3.93. The SMILES string of the molecule is O=C(c1ccc(Cl)s1)N1CCC(c2ccc(O)cc2)CC1. The summed E-state index contributed by atoms with van der Waals surface area (Å²) in [5.41, 5.74) is 1.24. The van der Waals surface area contributed by atoms with Crippen LogP contribution in [0.5, 0.6) is 5.75 Å². The number of piperidine rings is 1. The topological polar surface area (TPSA) is 40.5 Å². The highest BCUT2D eigenvalue weighted by atomic mass is 35.5. The molecule has 0 bridgehead atoms. The number of likely N-dealkylation sites (tertiary alicyclic amines) is 1. The number of thiophene rings is 1. The molecule has 1 aliphatic rings. The summed E-state index contributed by atoms with van der Waals surface area (Å²) in [5, 5.41) is 9.34. The van der Waals surface area contributed by atoms with Crippen LogP contribution in [0.2, 0.25) is 4.34 Å². The van der Waals surface area contributed by atoms with Crippen molar-refractivity contribution < 1.29 is 9.90 Å². The van der Waals surface area contributed by atoms with Crippen molar-refractivity contribution in [2.24, 2.45) is 0 Å². The molecule has 0 saturated carbocycles. The number of hydrogen-bond donors (Lipinski definition) is 1. The van der Waals surface area contributed by atoms with Gasteiger partial charge in [-0.1, -0.05) is 23.7 Å². The van der Waals surface area contributed by atoms with Crippen molar-refractivity contribution in [2.75, 3.05) is 13.1 Å². The highest BCUT2D eigenvalue weighted by molar-refractivity contribution is 7.17. The second kappa shape index (κ2) is 6.08. The van der Waals surface area contributed by atoms with E-state index in [0.717, 1.165) is 25.9 Å². The number of amides is 1. The van der Waals surface area contributed by atoms with Gasteiger partial charge in [0, 0.05) is 13.1 Å². The Morgan fingerprint density at radius 3 is 2.38 bits per heavy atom. The highest BCUT2D eigenvalue weighted by Crippen LogP contribution is 2.30. The normalized spacial score (nSPS) is 16.1. The van der Waals surface area contributed by atoms with E-state index < -0.39 is 0 Å². The molecule has 21 heavy (non-hydrogen) atoms. The van der Waals surface area contributed by atoms with Gasteiger partial charge in [-0.05, 0) is 48.6 Å². The van der Waals surface area contributed by atoms with Crippen LogP contribution in [0.4, 0.5) is 0 Å². The Kier molecular flexibility index (Phi) is 4.17. The molecule has 0 unspecified atom stereocenters. The van der Waals surface area contributed by atoms with Gasteiger partial charge in [-0.25, -0.2) is 0 Å². The first-order valence-electron chi connectivity index (χ1n) is 6.97. The van der Waals surface area contributed by atoms with E-state index in [1.807, 2.05) is 17.0 Å². The molecule has 2 heterocycles. The van der Waals surface area contributed by atoms with Crippen molar-refractivity contribution in [3.05, 3.63) is 51.2 Å². The maximum absolute atomic E-state index is 12.3. The minimum absolute atomic E-state index is 0.0797. The Balaban J connectivity index is 1.62. The molecule has 1 amide bonds. The number of halogens is 1. The second-order valence-electron chi connectivity index (χ2n) is 5.26. The molecule has 3 rings (SSSR count). The highest BCUT2D eigenvalue weighted by Gasteiger charge is 2.25. The van der Waals surface area contributed by atoms with E-state index >= 15 is 0 Å². The maximum atomic E-state index is 12.3. The van der Waals surface area contributed by atoms with Gasteiger partial charge < -0.3 is 10.0 Å². The smallest absolute Gasteiger partial charge is 0.263 e. The van der Waals surface area contributed by atoms with Gasteiger partial charge in [-0.3, -0.25) is 4.79 Å². The van der Waals surface area contributed by atoms with Gasteiger partial charge in [-0.15, -0.1) is 11.3 Å². The summed E-state index contributed by atoms with van der Waals surface area (Å²) in [6.07, 6.45) is 1.91. The van der Waals surface area contributed by atoms with Crippen molar-refractivity contribution in [3.63, 3.8) is 0 Å². The van der Waals surface area contributed by atoms with Gasteiger partial charge in [0.05, 0.1) is 9.21 Å². The molecule has 0 radical (unpaired) electrons. The fourth-order valence-corrected chi connectivity index (χ4v) is 3.76. The Hall–Kier alpha value is -1.52. The van der Waals surface area contributed by atoms with Crippen LogP contribution in [0.25, 0.3) is 0 Å². The molecular weight excluding hydrogens is 306 g/mol. The molecule has 0 aliphatic carbocycles. The predicted octanol–water partition coefficient (Wildman–Crippen LogP) is 4.13. The van der Waals surface area contributed by atoms with Crippen LogP contribution in [0.3, 0.4) is 0 Å². The standard InChI is InChI=1S/C16H16ClNO2S/c17-15-6-5-14(21-15)16(20)18-9-7-12(8-10-18)11-1-3-13(19)4-2-11/h1-6,12,19H,7-10H2. The van der Waals surface area contributed by atoms with E-state index in [2.05, 4.69) is 0 Å². The van der Waals surface area contributed by atoms with Crippen LogP contribution in [0.1, 0.15) is 34.0 Å². The van der Waals surface area contributed by atoms with Gasteiger partial charge in [0.2, 0.25) is 0 Å². The summed E-state index contributed by atoms with van der Waals surface area (Å²) in [4.78, 5) is 15.0. The molecule has 1 aromatic heterocycles. The van der Waals surface area contributed by atoms with Gasteiger partial charge in [0.1, 0.15) is 5.75 Å². The minimum atomic E-state index is 0.0797. The lowest BCUT2D eigenvalue weighted by Gasteiger charge is -2.32. The summed E-state index contributed by atoms with van der Waals surface area (Å²) in [6.45, 7) is 1.53. The van der Waals surface area contributed by atoms with E-state index in [-0.39, 0.29) is 5.91 Å². The predicted molar refractivity (Wildman–Crippen MR) is 85.3 cm³/mol. The van der Waals surface area contributed by atoms with Crippen LogP contribution in [-0.4, -0.2) is 29.0 Å². The Bertz CT molecular complexity index is 630. The molecule has 5 heteroatoms. The fraction of sp³-hybridized carbons (Fsp3) is 0.312. The molecule has 110 valence electrons. The molecule has 1 fully saturated rings. The number of rotatable bonds is 2. The summed E-state index contributed by atoms with van der Waals surface area (Å²) in [5.74, 6) is 0.832. The first-order valence-corrected chi connectivity index (χ1v) is 8.16. The number of nitrogens with zero attached hydrogens (tertiary/aromatic N) is 1. The average molecular weight is 322 g/mol. The molecule has 3 nitrogen and oxygen atoms in total. The van der Waals surface area contributed by atoms with E-state index in [9.17, 15) is 9.90 Å². The Labute approximate surface area is 132 Å². The lowest BCUT2D eigenvalue weighted by Crippen LogP contribution is -2.37. The zero-order valence-electron chi connectivity index (χ0n) is 11.5. The van der Waals surface area contributed by atoms with Crippen molar-refractivity contribution in [1.29, 1.82) is 0 Å². The van der Waals surface area contributed by atoms with Gasteiger partial charge in [0.15, 0.2) is 0 Å². The van der Waals surface area contributed by atoms with Crippen molar-refractivity contribution in [1.82, 2.24) is 4.90 Å². The number of carbonyl (C=O) groups is 1. The Morgan fingerprint density at radius 1 is 1.14 bits per heavy atom. The van der Waals surface area contributed by atoms with Gasteiger partial charge in [-0.2, -0.15) is 0 Å². The van der Waals surface area contributed by atoms with Crippen LogP contribution >= 0.6 is 22.9 Å². The third kappa shape index (κ3) is 3.22. The van der Waals surface area contributed by atoms with E-state index in [4.69, 9.17) is 11.6 Å². The molecule has 1 N–H and O–H groups in total. The molecule has 0 spiro atoms. The number of carbonyl (C=O) groups excluding carboxylic acids is 1. The molecule has 2 aromatic rings. The van der Waals surface area contributed by atoms with E-state index in [1.54, 1.807) is 24.3 Å². The fourth-order valence-electron chi connectivity index (χ4n) is 2.75. The number of hydrogen-bond acceptors (Lipinski definition) is 3. The number of benzene rings is 1. The van der Waals surface area contributed by atoms with Crippen LogP contribution in [0.15, 0.2) is 36.4 Å². The van der Waals surface area contributed by atoms with E-state index in [0.29, 0.717) is 20.9 Å². The van der Waals surface area contributed by atoms with Crippen LogP contribution in [0, 0.1) is 0 Å². The molecule has 1 saturated heterocycles. The van der Waals surface area contributed by atoms with Gasteiger partial charge >= 0.3 is 0 Å². The molecule has 1 aromatic carbocycles. The van der Waals surface area contributed by atoms with E-state index in [1.165, 1.54) is 16.9 Å². The minimum Gasteiger partial charge on any atom is -0.508 e. The van der Waals surface area contributed by atoms with Crippen LogP contribution in [-0.2, 0) is 0 Å².